The summed E-state index contributed by atoms with van der Waals surface area (Å²) in [4.78, 5) is 29.4. The molecule has 4 rings (SSSR count). The number of ether oxygens (including phenoxy) is 2. The molecule has 0 saturated heterocycles. The molecule has 1 aromatic heterocycles. The largest absolute Gasteiger partial charge is 0.483 e. The predicted octanol–water partition coefficient (Wildman–Crippen LogP) is 4.08. The van der Waals surface area contributed by atoms with Crippen molar-refractivity contribution in [3.8, 4) is 22.8 Å². The standard InChI is InChI=1S/C22H21N3O4S/c1-12-4-5-13(2)18(8-12)29-11-20(27)24-22-25-21(14(3)30-22)15-6-7-17-16(9-15)23-19(26)10-28-17/h4-9H,10-11H2,1-3H3,(H,23,26)(H,24,25,27). The number of carbonyl (C=O) groups is 2. The number of carbonyl (C=O) groups excluding carboxylic acids is 2. The van der Waals surface area contributed by atoms with Gasteiger partial charge in [-0.15, -0.1) is 11.3 Å². The Hall–Kier alpha value is -3.39. The van der Waals surface area contributed by atoms with E-state index in [-0.39, 0.29) is 25.0 Å². The molecule has 2 amide bonds. The Morgan fingerprint density at radius 1 is 1.23 bits per heavy atom. The number of amides is 2. The summed E-state index contributed by atoms with van der Waals surface area (Å²) < 4.78 is 11.0. The Labute approximate surface area is 178 Å². The van der Waals surface area contributed by atoms with E-state index in [1.807, 2.05) is 51.1 Å². The zero-order chi connectivity index (χ0) is 21.3. The molecule has 1 aliphatic heterocycles. The van der Waals surface area contributed by atoms with E-state index in [1.54, 1.807) is 6.07 Å². The van der Waals surface area contributed by atoms with Crippen LogP contribution in [0, 0.1) is 20.8 Å². The van der Waals surface area contributed by atoms with Gasteiger partial charge in [-0.1, -0.05) is 12.1 Å². The van der Waals surface area contributed by atoms with Crippen LogP contribution in [-0.4, -0.2) is 30.0 Å². The molecule has 0 aliphatic carbocycles. The number of aromatic nitrogens is 1. The SMILES string of the molecule is Cc1ccc(C)c(OCC(=O)Nc2nc(-c3ccc4c(c3)NC(=O)CO4)c(C)s2)c1. The first-order valence-corrected chi connectivity index (χ1v) is 10.2. The van der Waals surface area contributed by atoms with Crippen molar-refractivity contribution in [1.82, 2.24) is 4.98 Å². The second-order valence-electron chi connectivity index (χ2n) is 7.08. The maximum Gasteiger partial charge on any atom is 0.264 e. The van der Waals surface area contributed by atoms with Crippen molar-refractivity contribution in [3.63, 3.8) is 0 Å². The van der Waals surface area contributed by atoms with Gasteiger partial charge in [-0.3, -0.25) is 14.9 Å². The molecule has 30 heavy (non-hydrogen) atoms. The van der Waals surface area contributed by atoms with Crippen LogP contribution in [0.1, 0.15) is 16.0 Å². The minimum atomic E-state index is -0.276. The fourth-order valence-electron chi connectivity index (χ4n) is 3.11. The normalized spacial score (nSPS) is 12.6. The minimum Gasteiger partial charge on any atom is -0.483 e. The van der Waals surface area contributed by atoms with Crippen LogP contribution >= 0.6 is 11.3 Å². The molecule has 8 heteroatoms. The summed E-state index contributed by atoms with van der Waals surface area (Å²) in [5.74, 6) is 0.858. The van der Waals surface area contributed by atoms with E-state index in [4.69, 9.17) is 9.47 Å². The average Bonchev–Trinajstić information content (AvgIpc) is 3.08. The topological polar surface area (TPSA) is 89.5 Å². The average molecular weight is 423 g/mol. The number of rotatable bonds is 5. The van der Waals surface area contributed by atoms with Crippen molar-refractivity contribution in [1.29, 1.82) is 0 Å². The highest BCUT2D eigenvalue weighted by Crippen LogP contribution is 2.36. The predicted molar refractivity (Wildman–Crippen MR) is 116 cm³/mol. The zero-order valence-corrected chi connectivity index (χ0v) is 17.7. The first-order chi connectivity index (χ1) is 14.4. The van der Waals surface area contributed by atoms with Gasteiger partial charge in [0.1, 0.15) is 11.5 Å². The molecule has 0 saturated carbocycles. The molecule has 7 nitrogen and oxygen atoms in total. The molecular weight excluding hydrogens is 402 g/mol. The van der Waals surface area contributed by atoms with Gasteiger partial charge in [0.2, 0.25) is 0 Å². The third kappa shape index (κ3) is 4.28. The number of nitrogens with zero attached hydrogens (tertiary/aromatic N) is 1. The van der Waals surface area contributed by atoms with E-state index in [0.29, 0.717) is 22.3 Å². The molecule has 2 heterocycles. The number of benzene rings is 2. The maximum atomic E-state index is 12.3. The lowest BCUT2D eigenvalue weighted by atomic mass is 10.1. The molecule has 0 unspecified atom stereocenters. The van der Waals surface area contributed by atoms with Crippen molar-refractivity contribution in [2.24, 2.45) is 0 Å². The van der Waals surface area contributed by atoms with Gasteiger partial charge in [0.15, 0.2) is 18.3 Å². The molecule has 2 aromatic carbocycles. The highest BCUT2D eigenvalue weighted by atomic mass is 32.1. The second-order valence-corrected chi connectivity index (χ2v) is 8.28. The lowest BCUT2D eigenvalue weighted by molar-refractivity contribution is -0.119. The molecule has 3 aromatic rings. The Balaban J connectivity index is 1.45. The summed E-state index contributed by atoms with van der Waals surface area (Å²) in [5, 5.41) is 6.09. The maximum absolute atomic E-state index is 12.3. The van der Waals surface area contributed by atoms with E-state index >= 15 is 0 Å². The number of nitrogens with one attached hydrogen (secondary N) is 2. The number of fused-ring (bicyclic) bond motifs is 1. The molecule has 0 radical (unpaired) electrons. The van der Waals surface area contributed by atoms with E-state index < -0.39 is 0 Å². The van der Waals surface area contributed by atoms with Gasteiger partial charge in [-0.25, -0.2) is 4.98 Å². The number of thiazole rings is 1. The van der Waals surface area contributed by atoms with Gasteiger partial charge in [0.05, 0.1) is 11.4 Å². The van der Waals surface area contributed by atoms with Crippen LogP contribution in [0.2, 0.25) is 0 Å². The van der Waals surface area contributed by atoms with Crippen molar-refractivity contribution >= 4 is 34.0 Å². The Kier molecular flexibility index (Phi) is 5.41. The van der Waals surface area contributed by atoms with Crippen molar-refractivity contribution < 1.29 is 19.1 Å². The summed E-state index contributed by atoms with van der Waals surface area (Å²) in [6.07, 6.45) is 0. The van der Waals surface area contributed by atoms with Crippen molar-refractivity contribution in [3.05, 3.63) is 52.4 Å². The second kappa shape index (κ2) is 8.16. The molecule has 0 fully saturated rings. The smallest absolute Gasteiger partial charge is 0.264 e. The van der Waals surface area contributed by atoms with E-state index in [2.05, 4.69) is 15.6 Å². The fourth-order valence-corrected chi connectivity index (χ4v) is 3.96. The van der Waals surface area contributed by atoms with Crippen LogP contribution in [-0.2, 0) is 9.59 Å². The highest BCUT2D eigenvalue weighted by Gasteiger charge is 2.19. The molecule has 2 N–H and O–H groups in total. The van der Waals surface area contributed by atoms with Crippen molar-refractivity contribution in [2.45, 2.75) is 20.8 Å². The molecule has 1 aliphatic rings. The lowest BCUT2D eigenvalue weighted by Crippen LogP contribution is -2.25. The van der Waals surface area contributed by atoms with Gasteiger partial charge in [0.25, 0.3) is 11.8 Å². The van der Waals surface area contributed by atoms with Crippen LogP contribution in [0.15, 0.2) is 36.4 Å². The number of hydrogen-bond acceptors (Lipinski definition) is 6. The lowest BCUT2D eigenvalue weighted by Gasteiger charge is -2.18. The van der Waals surface area contributed by atoms with E-state index in [9.17, 15) is 9.59 Å². The highest BCUT2D eigenvalue weighted by molar-refractivity contribution is 7.16. The van der Waals surface area contributed by atoms with Gasteiger partial charge in [-0.05, 0) is 56.2 Å². The minimum absolute atomic E-state index is 0.0163. The summed E-state index contributed by atoms with van der Waals surface area (Å²) in [6, 6.07) is 11.4. The van der Waals surface area contributed by atoms with Gasteiger partial charge < -0.3 is 14.8 Å². The molecule has 0 spiro atoms. The first kappa shape index (κ1) is 19.9. The quantitative estimate of drug-likeness (QED) is 0.645. The molecular formula is C22H21N3O4S. The summed E-state index contributed by atoms with van der Waals surface area (Å²) in [5.41, 5.74) is 4.24. The number of hydrogen-bond donors (Lipinski definition) is 2. The Morgan fingerprint density at radius 3 is 2.90 bits per heavy atom. The summed E-state index contributed by atoms with van der Waals surface area (Å²) in [7, 11) is 0. The first-order valence-electron chi connectivity index (χ1n) is 9.43. The number of anilines is 2. The molecule has 0 atom stereocenters. The van der Waals surface area contributed by atoms with Gasteiger partial charge in [0, 0.05) is 10.4 Å². The zero-order valence-electron chi connectivity index (χ0n) is 16.9. The van der Waals surface area contributed by atoms with Crippen LogP contribution in [0.25, 0.3) is 11.3 Å². The van der Waals surface area contributed by atoms with Gasteiger partial charge in [-0.2, -0.15) is 0 Å². The fraction of sp³-hybridized carbons (Fsp3) is 0.227. The van der Waals surface area contributed by atoms with Crippen molar-refractivity contribution in [2.75, 3.05) is 23.8 Å². The third-order valence-electron chi connectivity index (χ3n) is 4.63. The Bertz CT molecular complexity index is 1140. The van der Waals surface area contributed by atoms with Gasteiger partial charge >= 0.3 is 0 Å². The monoisotopic (exact) mass is 423 g/mol. The Morgan fingerprint density at radius 2 is 2.07 bits per heavy atom. The van der Waals surface area contributed by atoms with E-state index in [0.717, 1.165) is 27.3 Å². The summed E-state index contributed by atoms with van der Waals surface area (Å²) >= 11 is 1.39. The van der Waals surface area contributed by atoms with Crippen LogP contribution in [0.4, 0.5) is 10.8 Å². The van der Waals surface area contributed by atoms with E-state index in [1.165, 1.54) is 11.3 Å². The number of aryl methyl sites for hydroxylation is 3. The van der Waals surface area contributed by atoms with Crippen LogP contribution < -0.4 is 20.1 Å². The molecule has 0 bridgehead atoms. The summed E-state index contributed by atoms with van der Waals surface area (Å²) in [6.45, 7) is 5.77. The molecule has 154 valence electrons. The third-order valence-corrected chi connectivity index (χ3v) is 5.52. The van der Waals surface area contributed by atoms with Crippen LogP contribution in [0.3, 0.4) is 0 Å². The van der Waals surface area contributed by atoms with Crippen LogP contribution in [0.5, 0.6) is 11.5 Å².